The zero-order chi connectivity index (χ0) is 12.2. The van der Waals surface area contributed by atoms with Crippen LogP contribution in [0.1, 0.15) is 6.42 Å². The molecule has 0 saturated carbocycles. The molecule has 2 aromatic carbocycles. The molecule has 0 aliphatic carbocycles. The van der Waals surface area contributed by atoms with E-state index in [4.69, 9.17) is 4.74 Å². The Morgan fingerprint density at radius 1 is 0.889 bits per heavy atom. The fourth-order valence-corrected chi connectivity index (χ4v) is 2.08. The Kier molecular flexibility index (Phi) is 3.01. The van der Waals surface area contributed by atoms with Gasteiger partial charge < -0.3 is 10.1 Å². The number of rotatable bonds is 3. The minimum Gasteiger partial charge on any atom is -0.441 e. The van der Waals surface area contributed by atoms with Crippen LogP contribution < -0.4 is 10.1 Å². The summed E-state index contributed by atoms with van der Waals surface area (Å²) in [6.07, 6.45) is 3.12. The number of nitrogens with one attached hydrogen (secondary N) is 1. The van der Waals surface area contributed by atoms with Crippen LogP contribution in [0.25, 0.3) is 11.1 Å². The van der Waals surface area contributed by atoms with Crippen molar-refractivity contribution in [1.29, 1.82) is 0 Å². The molecule has 0 spiro atoms. The second-order valence-corrected chi connectivity index (χ2v) is 4.25. The summed E-state index contributed by atoms with van der Waals surface area (Å²) in [5.74, 6) is 1.75. The maximum absolute atomic E-state index is 5.91. The molecule has 0 bridgehead atoms. The van der Waals surface area contributed by atoms with Crippen molar-refractivity contribution < 1.29 is 4.74 Å². The molecular formula is C16H15NO. The van der Waals surface area contributed by atoms with Crippen LogP contribution in [-0.2, 0) is 0 Å². The lowest BCUT2D eigenvalue weighted by atomic mass is 10.1. The summed E-state index contributed by atoms with van der Waals surface area (Å²) in [6, 6.07) is 18.4. The van der Waals surface area contributed by atoms with E-state index in [1.54, 1.807) is 0 Å². The third-order valence-corrected chi connectivity index (χ3v) is 2.97. The molecule has 0 saturated heterocycles. The van der Waals surface area contributed by atoms with Gasteiger partial charge in [0.1, 0.15) is 5.75 Å². The first kappa shape index (κ1) is 10.9. The molecule has 1 N–H and O–H groups in total. The molecule has 1 heterocycles. The Hall–Kier alpha value is -2.22. The van der Waals surface area contributed by atoms with Crippen LogP contribution in [0, 0.1) is 0 Å². The molecule has 2 nitrogen and oxygen atoms in total. The normalized spacial score (nSPS) is 13.9. The van der Waals surface area contributed by atoms with Crippen LogP contribution in [-0.4, -0.2) is 6.54 Å². The van der Waals surface area contributed by atoms with Gasteiger partial charge in [0, 0.05) is 12.1 Å². The van der Waals surface area contributed by atoms with E-state index in [1.807, 2.05) is 36.4 Å². The molecule has 0 fully saturated rings. The van der Waals surface area contributed by atoms with E-state index in [1.165, 1.54) is 5.56 Å². The third kappa shape index (κ3) is 2.23. The van der Waals surface area contributed by atoms with Crippen molar-refractivity contribution >= 4 is 0 Å². The van der Waals surface area contributed by atoms with Crippen LogP contribution in [0.2, 0.25) is 0 Å². The molecule has 0 radical (unpaired) electrons. The fourth-order valence-electron chi connectivity index (χ4n) is 2.08. The average molecular weight is 237 g/mol. The Balaban J connectivity index is 1.95. The van der Waals surface area contributed by atoms with Gasteiger partial charge in [0.25, 0.3) is 0 Å². The van der Waals surface area contributed by atoms with Gasteiger partial charge in [-0.05, 0) is 24.1 Å². The molecule has 1 aliphatic heterocycles. The minimum absolute atomic E-state index is 0.860. The van der Waals surface area contributed by atoms with Crippen LogP contribution in [0.4, 0.5) is 0 Å². The van der Waals surface area contributed by atoms with Crippen molar-refractivity contribution in [3.05, 3.63) is 66.6 Å². The summed E-state index contributed by atoms with van der Waals surface area (Å²) in [5, 5.41) is 3.22. The molecule has 3 rings (SSSR count). The molecule has 90 valence electrons. The molecular weight excluding hydrogens is 222 g/mol. The first-order chi connectivity index (χ1) is 8.93. The average Bonchev–Trinajstić information content (AvgIpc) is 2.93. The van der Waals surface area contributed by atoms with Crippen molar-refractivity contribution in [2.75, 3.05) is 6.54 Å². The smallest absolute Gasteiger partial charge is 0.189 e. The van der Waals surface area contributed by atoms with Crippen molar-refractivity contribution in [2.45, 2.75) is 6.42 Å². The number of hydrogen-bond acceptors (Lipinski definition) is 2. The Bertz CT molecular complexity index is 560. The van der Waals surface area contributed by atoms with E-state index >= 15 is 0 Å². The molecule has 2 aromatic rings. The molecule has 0 aromatic heterocycles. The molecule has 18 heavy (non-hydrogen) atoms. The number of ether oxygens (including phenoxy) is 1. The van der Waals surface area contributed by atoms with Crippen LogP contribution in [0.5, 0.6) is 5.75 Å². The van der Waals surface area contributed by atoms with E-state index in [-0.39, 0.29) is 0 Å². The second kappa shape index (κ2) is 4.96. The minimum atomic E-state index is 0.860. The monoisotopic (exact) mass is 237 g/mol. The second-order valence-electron chi connectivity index (χ2n) is 4.25. The summed E-state index contributed by atoms with van der Waals surface area (Å²) >= 11 is 0. The molecule has 2 heteroatoms. The lowest BCUT2D eigenvalue weighted by molar-refractivity contribution is 0.396. The van der Waals surface area contributed by atoms with Gasteiger partial charge in [-0.15, -0.1) is 0 Å². The van der Waals surface area contributed by atoms with E-state index in [0.717, 1.165) is 30.2 Å². The van der Waals surface area contributed by atoms with Gasteiger partial charge >= 0.3 is 0 Å². The number of hydrogen-bond donors (Lipinski definition) is 1. The summed E-state index contributed by atoms with van der Waals surface area (Å²) in [4.78, 5) is 0. The summed E-state index contributed by atoms with van der Waals surface area (Å²) in [5.41, 5.74) is 2.29. The fraction of sp³-hybridized carbons (Fsp3) is 0.125. The van der Waals surface area contributed by atoms with Gasteiger partial charge in [-0.2, -0.15) is 0 Å². The van der Waals surface area contributed by atoms with Gasteiger partial charge in [-0.1, -0.05) is 48.5 Å². The van der Waals surface area contributed by atoms with Gasteiger partial charge in [0.2, 0.25) is 0 Å². The zero-order valence-corrected chi connectivity index (χ0v) is 10.1. The first-order valence-corrected chi connectivity index (χ1v) is 6.20. The Morgan fingerprint density at radius 3 is 2.44 bits per heavy atom. The maximum Gasteiger partial charge on any atom is 0.189 e. The summed E-state index contributed by atoms with van der Waals surface area (Å²) in [7, 11) is 0. The van der Waals surface area contributed by atoms with Gasteiger partial charge in [0.15, 0.2) is 5.88 Å². The highest BCUT2D eigenvalue weighted by Gasteiger charge is 2.09. The highest BCUT2D eigenvalue weighted by molar-refractivity contribution is 5.70. The maximum atomic E-state index is 5.91. The zero-order valence-electron chi connectivity index (χ0n) is 10.1. The van der Waals surface area contributed by atoms with Gasteiger partial charge in [-0.25, -0.2) is 0 Å². The number of benzene rings is 2. The Morgan fingerprint density at radius 2 is 1.67 bits per heavy atom. The van der Waals surface area contributed by atoms with Gasteiger partial charge in [-0.3, -0.25) is 0 Å². The predicted molar refractivity (Wildman–Crippen MR) is 73.2 cm³/mol. The van der Waals surface area contributed by atoms with Crippen LogP contribution in [0.3, 0.4) is 0 Å². The topological polar surface area (TPSA) is 21.3 Å². The van der Waals surface area contributed by atoms with Crippen molar-refractivity contribution in [3.8, 4) is 16.9 Å². The van der Waals surface area contributed by atoms with E-state index in [0.29, 0.717) is 0 Å². The molecule has 0 amide bonds. The third-order valence-electron chi connectivity index (χ3n) is 2.97. The van der Waals surface area contributed by atoms with E-state index in [2.05, 4.69) is 29.6 Å². The SMILES string of the molecule is C1=C(Oc2ccccc2-c2ccccc2)NCC1. The first-order valence-electron chi connectivity index (χ1n) is 6.20. The van der Waals surface area contributed by atoms with Gasteiger partial charge in [0.05, 0.1) is 0 Å². The van der Waals surface area contributed by atoms with Crippen molar-refractivity contribution in [1.82, 2.24) is 5.32 Å². The van der Waals surface area contributed by atoms with E-state index in [9.17, 15) is 0 Å². The van der Waals surface area contributed by atoms with Crippen molar-refractivity contribution in [2.24, 2.45) is 0 Å². The Labute approximate surface area is 107 Å². The highest BCUT2D eigenvalue weighted by atomic mass is 16.5. The lowest BCUT2D eigenvalue weighted by Crippen LogP contribution is -2.12. The molecule has 0 atom stereocenters. The largest absolute Gasteiger partial charge is 0.441 e. The lowest BCUT2D eigenvalue weighted by Gasteiger charge is -2.12. The quantitative estimate of drug-likeness (QED) is 0.881. The predicted octanol–water partition coefficient (Wildman–Crippen LogP) is 3.57. The van der Waals surface area contributed by atoms with E-state index < -0.39 is 0 Å². The highest BCUT2D eigenvalue weighted by Crippen LogP contribution is 2.30. The summed E-state index contributed by atoms with van der Waals surface area (Å²) in [6.45, 7) is 0.961. The molecule has 1 aliphatic rings. The van der Waals surface area contributed by atoms with Crippen LogP contribution in [0.15, 0.2) is 66.6 Å². The van der Waals surface area contributed by atoms with Crippen LogP contribution >= 0.6 is 0 Å². The standard InChI is InChI=1S/C16H15NO/c1-2-7-13(8-3-1)14-9-4-5-10-15(14)18-16-11-6-12-17-16/h1-5,7-11,17H,6,12H2. The molecule has 0 unspecified atom stereocenters. The van der Waals surface area contributed by atoms with Crippen molar-refractivity contribution in [3.63, 3.8) is 0 Å². The summed E-state index contributed by atoms with van der Waals surface area (Å²) < 4.78 is 5.91. The number of para-hydroxylation sites is 1.